The molecule has 0 aliphatic heterocycles. The van der Waals surface area contributed by atoms with Gasteiger partial charge in [-0.25, -0.2) is 9.13 Å². The number of unbranched alkanes of at least 4 members (excludes halogenated alkanes) is 47. The van der Waals surface area contributed by atoms with E-state index < -0.39 is 97.5 Å². The van der Waals surface area contributed by atoms with Crippen molar-refractivity contribution in [2.75, 3.05) is 39.6 Å². The van der Waals surface area contributed by atoms with Crippen molar-refractivity contribution >= 4 is 39.5 Å². The Morgan fingerprint density at radius 2 is 0.505 bits per heavy atom. The lowest BCUT2D eigenvalue weighted by atomic mass is 10.00. The molecule has 0 aromatic heterocycles. The average molecular weight is 1480 g/mol. The van der Waals surface area contributed by atoms with Crippen molar-refractivity contribution in [3.8, 4) is 0 Å². The fraction of sp³-hybridized carbons (Fsp3) is 0.951. The van der Waals surface area contributed by atoms with Gasteiger partial charge in [0.2, 0.25) is 0 Å². The third kappa shape index (κ3) is 74.7. The molecule has 0 saturated heterocycles. The molecule has 0 heterocycles. The smallest absolute Gasteiger partial charge is 0.462 e. The number of ether oxygens (including phenoxy) is 4. The molecule has 0 aliphatic carbocycles. The molecule has 101 heavy (non-hydrogen) atoms. The Balaban J connectivity index is 5.25. The molecule has 3 N–H and O–H groups in total. The maximum absolute atomic E-state index is 13.1. The summed E-state index contributed by atoms with van der Waals surface area (Å²) >= 11 is 0. The van der Waals surface area contributed by atoms with Crippen molar-refractivity contribution in [2.45, 2.75) is 446 Å². The van der Waals surface area contributed by atoms with E-state index in [1.54, 1.807) is 0 Å². The van der Waals surface area contributed by atoms with E-state index in [1.807, 2.05) is 0 Å². The number of esters is 4. The van der Waals surface area contributed by atoms with Crippen LogP contribution in [-0.2, 0) is 65.4 Å². The van der Waals surface area contributed by atoms with Crippen LogP contribution in [-0.4, -0.2) is 96.7 Å². The lowest BCUT2D eigenvalue weighted by Gasteiger charge is -2.21. The van der Waals surface area contributed by atoms with Gasteiger partial charge >= 0.3 is 39.5 Å². The topological polar surface area (TPSA) is 237 Å². The second-order valence-electron chi connectivity index (χ2n) is 30.7. The van der Waals surface area contributed by atoms with Crippen molar-refractivity contribution in [3.63, 3.8) is 0 Å². The van der Waals surface area contributed by atoms with Gasteiger partial charge < -0.3 is 33.8 Å². The minimum atomic E-state index is -4.96. The minimum Gasteiger partial charge on any atom is -0.462 e. The Labute approximate surface area is 619 Å². The molecule has 0 saturated carbocycles. The summed E-state index contributed by atoms with van der Waals surface area (Å²) in [6, 6.07) is 0. The highest BCUT2D eigenvalue weighted by molar-refractivity contribution is 7.47. The molecule has 3 unspecified atom stereocenters. The van der Waals surface area contributed by atoms with Gasteiger partial charge in [-0.15, -0.1) is 0 Å². The van der Waals surface area contributed by atoms with Gasteiger partial charge in [0.25, 0.3) is 0 Å². The first kappa shape index (κ1) is 99.1. The Hall–Kier alpha value is -1.94. The number of hydrogen-bond acceptors (Lipinski definition) is 15. The van der Waals surface area contributed by atoms with E-state index in [1.165, 1.54) is 231 Å². The van der Waals surface area contributed by atoms with Gasteiger partial charge in [0.15, 0.2) is 12.2 Å². The zero-order chi connectivity index (χ0) is 74.4. The number of carbonyl (C=O) groups is 4. The molecule has 0 aromatic carbocycles. The largest absolute Gasteiger partial charge is 0.472 e. The van der Waals surface area contributed by atoms with Crippen LogP contribution in [0.25, 0.3) is 0 Å². The van der Waals surface area contributed by atoms with Gasteiger partial charge in [-0.2, -0.15) is 0 Å². The van der Waals surface area contributed by atoms with Crippen LogP contribution in [0.4, 0.5) is 0 Å². The number of carbonyl (C=O) groups excluding carboxylic acids is 4. The fourth-order valence-electron chi connectivity index (χ4n) is 12.6. The van der Waals surface area contributed by atoms with E-state index in [0.717, 1.165) is 114 Å². The first-order valence-electron chi connectivity index (χ1n) is 42.4. The Kier molecular flexibility index (Phi) is 70.9. The third-order valence-electron chi connectivity index (χ3n) is 19.5. The third-order valence-corrected chi connectivity index (χ3v) is 21.4. The van der Waals surface area contributed by atoms with Gasteiger partial charge in [0.05, 0.1) is 26.4 Å². The van der Waals surface area contributed by atoms with Gasteiger partial charge in [0, 0.05) is 25.7 Å². The molecular formula is C82H160O17P2. The van der Waals surface area contributed by atoms with Gasteiger partial charge in [-0.1, -0.05) is 376 Å². The molecule has 17 nitrogen and oxygen atoms in total. The molecule has 0 rings (SSSR count). The zero-order valence-corrected chi connectivity index (χ0v) is 68.2. The second kappa shape index (κ2) is 72.3. The van der Waals surface area contributed by atoms with Crippen molar-refractivity contribution in [2.24, 2.45) is 17.8 Å². The molecule has 0 amide bonds. The van der Waals surface area contributed by atoms with Crippen LogP contribution in [0.1, 0.15) is 427 Å². The number of aliphatic hydroxyl groups excluding tert-OH is 1. The van der Waals surface area contributed by atoms with Crippen molar-refractivity contribution in [1.82, 2.24) is 0 Å². The zero-order valence-electron chi connectivity index (χ0n) is 66.4. The number of phosphoric ester groups is 2. The van der Waals surface area contributed by atoms with E-state index in [9.17, 15) is 43.2 Å². The van der Waals surface area contributed by atoms with Gasteiger partial charge in [0.1, 0.15) is 19.3 Å². The molecule has 6 atom stereocenters. The predicted molar refractivity (Wildman–Crippen MR) is 414 cm³/mol. The molecular weight excluding hydrogens is 1320 g/mol. The Bertz CT molecular complexity index is 1960. The summed E-state index contributed by atoms with van der Waals surface area (Å²) in [5, 5.41) is 10.6. The molecule has 19 heteroatoms. The van der Waals surface area contributed by atoms with Gasteiger partial charge in [-0.05, 0) is 43.4 Å². The number of rotatable bonds is 80. The molecule has 0 fully saturated rings. The molecule has 0 spiro atoms. The number of hydrogen-bond donors (Lipinski definition) is 3. The molecule has 0 aliphatic rings. The van der Waals surface area contributed by atoms with E-state index in [-0.39, 0.29) is 25.7 Å². The summed E-state index contributed by atoms with van der Waals surface area (Å²) in [4.78, 5) is 73.1. The highest BCUT2D eigenvalue weighted by Crippen LogP contribution is 2.45. The normalized spacial score (nSPS) is 14.2. The summed E-state index contributed by atoms with van der Waals surface area (Å²) in [6.45, 7) is 12.0. The van der Waals surface area contributed by atoms with E-state index in [0.29, 0.717) is 25.7 Å². The highest BCUT2D eigenvalue weighted by atomic mass is 31.2. The van der Waals surface area contributed by atoms with Crippen LogP contribution in [0.2, 0.25) is 0 Å². The Morgan fingerprint density at radius 3 is 0.752 bits per heavy atom. The first-order valence-corrected chi connectivity index (χ1v) is 45.4. The van der Waals surface area contributed by atoms with Crippen LogP contribution in [0.5, 0.6) is 0 Å². The van der Waals surface area contributed by atoms with Crippen molar-refractivity contribution in [3.05, 3.63) is 0 Å². The fourth-order valence-corrected chi connectivity index (χ4v) is 14.2. The summed E-state index contributed by atoms with van der Waals surface area (Å²) < 4.78 is 68.8. The highest BCUT2D eigenvalue weighted by Gasteiger charge is 2.30. The van der Waals surface area contributed by atoms with Crippen LogP contribution in [0.3, 0.4) is 0 Å². The molecule has 0 bridgehead atoms. The number of phosphoric acid groups is 2. The van der Waals surface area contributed by atoms with Crippen LogP contribution in [0.15, 0.2) is 0 Å². The van der Waals surface area contributed by atoms with Crippen LogP contribution >= 0.6 is 15.6 Å². The summed E-state index contributed by atoms with van der Waals surface area (Å²) in [5.41, 5.74) is 0. The maximum atomic E-state index is 13.1. The SMILES string of the molecule is CCCCCCCCCCCCCCCCCC(=O)O[C@H](COC(=O)CCCCCCCCC(C)CC)COP(=O)(O)OC[C@H](O)COP(=O)(O)OC[C@@H](COC(=O)CCCCCCCCCCCCCCCCCC(C)C)OC(=O)CCCCCCCCCCCCCCCCCC(C)C. The first-order chi connectivity index (χ1) is 48.8. The second-order valence-corrected chi connectivity index (χ2v) is 33.6. The lowest BCUT2D eigenvalue weighted by molar-refractivity contribution is -0.161. The Morgan fingerprint density at radius 1 is 0.287 bits per heavy atom. The van der Waals surface area contributed by atoms with Crippen LogP contribution < -0.4 is 0 Å². The minimum absolute atomic E-state index is 0.107. The average Bonchev–Trinajstić information content (AvgIpc) is 0.922. The van der Waals surface area contributed by atoms with Crippen molar-refractivity contribution in [1.29, 1.82) is 0 Å². The van der Waals surface area contributed by atoms with Crippen molar-refractivity contribution < 1.29 is 80.2 Å². The standard InChI is InChI=1S/C82H160O17P2/c1-8-10-11-12-13-14-15-16-19-27-32-37-42-51-58-66-82(87)99-78(70-93-80(85)64-57-50-45-44-48-55-62-75(7)9-2)72-97-101(90,91)95-68-76(83)67-94-100(88,89)96-71-77(98-81(86)65-59-52-43-38-33-28-23-18-21-25-30-35-40-47-54-61-74(5)6)69-92-79(84)63-56-49-41-36-31-26-22-17-20-24-29-34-39-46-53-60-73(3)4/h73-78,83H,8-72H2,1-7H3,(H,88,89)(H,90,91)/t75?,76-,77-,78-/m1/s1. The monoisotopic (exact) mass is 1480 g/mol. The van der Waals surface area contributed by atoms with E-state index in [4.69, 9.17) is 37.0 Å². The molecule has 600 valence electrons. The van der Waals surface area contributed by atoms with E-state index >= 15 is 0 Å². The predicted octanol–water partition coefficient (Wildman–Crippen LogP) is 24.5. The lowest BCUT2D eigenvalue weighted by Crippen LogP contribution is -2.30. The number of aliphatic hydroxyl groups is 1. The maximum Gasteiger partial charge on any atom is 0.472 e. The summed E-state index contributed by atoms with van der Waals surface area (Å²) in [6.07, 6.45) is 61.0. The molecule has 0 radical (unpaired) electrons. The summed E-state index contributed by atoms with van der Waals surface area (Å²) in [7, 11) is -9.92. The quantitative estimate of drug-likeness (QED) is 0.0222. The molecule has 0 aromatic rings. The van der Waals surface area contributed by atoms with E-state index in [2.05, 4.69) is 48.5 Å². The summed E-state index contributed by atoms with van der Waals surface area (Å²) in [5.74, 6) is 0.231. The van der Waals surface area contributed by atoms with Gasteiger partial charge in [-0.3, -0.25) is 37.3 Å². The van der Waals surface area contributed by atoms with Crippen LogP contribution in [0, 0.1) is 17.8 Å².